The summed E-state index contributed by atoms with van der Waals surface area (Å²) in [7, 11) is -4.42. The van der Waals surface area contributed by atoms with Crippen molar-refractivity contribution in [1.29, 1.82) is 0 Å². The largest absolute Gasteiger partial charge is 0.497 e. The maximum Gasteiger partial charge on any atom is 0.247 e. The second-order valence-corrected chi connectivity index (χ2v) is 9.57. The number of benzene rings is 1. The molecule has 0 radical (unpaired) electrons. The smallest absolute Gasteiger partial charge is 0.247 e. The molecule has 1 aliphatic heterocycles. The molecule has 10 heteroatoms. The van der Waals surface area contributed by atoms with Crippen molar-refractivity contribution in [3.63, 3.8) is 0 Å². The summed E-state index contributed by atoms with van der Waals surface area (Å²) in [5.74, 6) is 0.307. The van der Waals surface area contributed by atoms with E-state index in [-0.39, 0.29) is 41.7 Å². The molecule has 0 aromatic heterocycles. The fourth-order valence-electron chi connectivity index (χ4n) is 2.74. The van der Waals surface area contributed by atoms with Crippen molar-refractivity contribution in [3.05, 3.63) is 18.2 Å². The van der Waals surface area contributed by atoms with E-state index in [1.807, 2.05) is 0 Å². The molecule has 2 N–H and O–H groups in total. The van der Waals surface area contributed by atoms with Crippen LogP contribution in [0.5, 0.6) is 11.5 Å². The first-order chi connectivity index (χ1) is 11.2. The summed E-state index contributed by atoms with van der Waals surface area (Å²) in [6, 6.07) is 3.82. The SMILES string of the molecule is COc1ccc(OC)c(S(=O)(=O)N(CCN)[C@H]2CCS(=O)(=O)C2)c1. The molecule has 0 saturated carbocycles. The predicted octanol–water partition coefficient (Wildman–Crippen LogP) is -0.160. The van der Waals surface area contributed by atoms with Crippen LogP contribution < -0.4 is 15.2 Å². The average molecular weight is 378 g/mol. The highest BCUT2D eigenvalue weighted by Gasteiger charge is 2.39. The first-order valence-corrected chi connectivity index (χ1v) is 10.7. The Labute approximate surface area is 142 Å². The number of nitrogens with zero attached hydrogens (tertiary/aromatic N) is 1. The molecular formula is C14H22N2O6S2. The number of sulfonamides is 1. The van der Waals surface area contributed by atoms with Gasteiger partial charge in [0, 0.05) is 25.2 Å². The summed E-state index contributed by atoms with van der Waals surface area (Å²) < 4.78 is 61.1. The Morgan fingerprint density at radius 3 is 2.50 bits per heavy atom. The van der Waals surface area contributed by atoms with Crippen molar-refractivity contribution in [2.75, 3.05) is 38.8 Å². The van der Waals surface area contributed by atoms with Crippen LogP contribution in [0.15, 0.2) is 23.1 Å². The minimum atomic E-state index is -3.99. The fourth-order valence-corrected chi connectivity index (χ4v) is 6.41. The van der Waals surface area contributed by atoms with E-state index in [1.54, 1.807) is 6.07 Å². The number of nitrogens with two attached hydrogens (primary N) is 1. The van der Waals surface area contributed by atoms with Gasteiger partial charge in [0.25, 0.3) is 0 Å². The number of hydrogen-bond acceptors (Lipinski definition) is 7. The third-order valence-corrected chi connectivity index (χ3v) is 7.65. The van der Waals surface area contributed by atoms with Gasteiger partial charge >= 0.3 is 0 Å². The van der Waals surface area contributed by atoms with Gasteiger partial charge in [-0.25, -0.2) is 16.8 Å². The van der Waals surface area contributed by atoms with Crippen LogP contribution in [0.1, 0.15) is 6.42 Å². The summed E-state index contributed by atoms with van der Waals surface area (Å²) in [6.07, 6.45) is 0.258. The highest BCUT2D eigenvalue weighted by atomic mass is 32.2. The monoisotopic (exact) mass is 378 g/mol. The number of rotatable bonds is 7. The van der Waals surface area contributed by atoms with E-state index in [0.29, 0.717) is 5.75 Å². The molecule has 0 amide bonds. The predicted molar refractivity (Wildman–Crippen MR) is 89.6 cm³/mol. The van der Waals surface area contributed by atoms with Crippen molar-refractivity contribution >= 4 is 19.9 Å². The van der Waals surface area contributed by atoms with E-state index in [4.69, 9.17) is 15.2 Å². The van der Waals surface area contributed by atoms with Crippen molar-refractivity contribution < 1.29 is 26.3 Å². The zero-order chi connectivity index (χ0) is 18.0. The molecule has 1 atom stereocenters. The minimum Gasteiger partial charge on any atom is -0.497 e. The van der Waals surface area contributed by atoms with Gasteiger partial charge in [0.2, 0.25) is 10.0 Å². The maximum atomic E-state index is 13.1. The molecule has 1 aromatic rings. The molecule has 0 bridgehead atoms. The number of ether oxygens (including phenoxy) is 2. The van der Waals surface area contributed by atoms with E-state index < -0.39 is 25.9 Å². The summed E-state index contributed by atoms with van der Waals surface area (Å²) in [5.41, 5.74) is 5.55. The molecule has 24 heavy (non-hydrogen) atoms. The Bertz CT molecular complexity index is 791. The topological polar surface area (TPSA) is 116 Å². The lowest BCUT2D eigenvalue weighted by atomic mass is 10.2. The van der Waals surface area contributed by atoms with Crippen molar-refractivity contribution in [2.24, 2.45) is 5.73 Å². The molecule has 0 spiro atoms. The third-order valence-electron chi connectivity index (χ3n) is 3.92. The molecule has 1 fully saturated rings. The van der Waals surface area contributed by atoms with Crippen molar-refractivity contribution in [3.8, 4) is 11.5 Å². The molecule has 1 aliphatic rings. The fraction of sp³-hybridized carbons (Fsp3) is 0.571. The molecular weight excluding hydrogens is 356 g/mol. The minimum absolute atomic E-state index is 0.0243. The Morgan fingerprint density at radius 2 is 2.00 bits per heavy atom. The lowest BCUT2D eigenvalue weighted by molar-refractivity contribution is 0.341. The van der Waals surface area contributed by atoms with Gasteiger partial charge < -0.3 is 15.2 Å². The summed E-state index contributed by atoms with van der Waals surface area (Å²) in [6.45, 7) is 0.116. The second-order valence-electron chi connectivity index (χ2n) is 5.48. The molecule has 8 nitrogen and oxygen atoms in total. The van der Waals surface area contributed by atoms with Gasteiger partial charge in [-0.2, -0.15) is 4.31 Å². The number of methoxy groups -OCH3 is 2. The molecule has 0 unspecified atom stereocenters. The molecule has 136 valence electrons. The van der Waals surface area contributed by atoms with E-state index >= 15 is 0 Å². The molecule has 2 rings (SSSR count). The quantitative estimate of drug-likeness (QED) is 0.701. The Hall–Kier alpha value is -1.36. The summed E-state index contributed by atoms with van der Waals surface area (Å²) in [4.78, 5) is -0.0675. The maximum absolute atomic E-state index is 13.1. The van der Waals surface area contributed by atoms with E-state index in [1.165, 1.54) is 26.4 Å². The average Bonchev–Trinajstić information content (AvgIpc) is 2.91. The Kier molecular flexibility index (Phi) is 5.74. The molecule has 1 saturated heterocycles. The summed E-state index contributed by atoms with van der Waals surface area (Å²) in [5, 5.41) is 0. The van der Waals surface area contributed by atoms with Gasteiger partial charge in [-0.15, -0.1) is 0 Å². The van der Waals surface area contributed by atoms with Crippen LogP contribution >= 0.6 is 0 Å². The third kappa shape index (κ3) is 3.82. The normalized spacial score (nSPS) is 20.2. The molecule has 1 aromatic carbocycles. The van der Waals surface area contributed by atoms with Gasteiger partial charge in [0.15, 0.2) is 9.84 Å². The van der Waals surface area contributed by atoms with Crippen LogP contribution in [0.3, 0.4) is 0 Å². The van der Waals surface area contributed by atoms with Crippen LogP contribution in [0, 0.1) is 0 Å². The zero-order valence-electron chi connectivity index (χ0n) is 13.6. The van der Waals surface area contributed by atoms with Crippen LogP contribution in [0.4, 0.5) is 0 Å². The lowest BCUT2D eigenvalue weighted by Gasteiger charge is -2.27. The first-order valence-electron chi connectivity index (χ1n) is 7.39. The molecule has 0 aliphatic carbocycles. The van der Waals surface area contributed by atoms with E-state index in [0.717, 1.165) is 4.31 Å². The van der Waals surface area contributed by atoms with Crippen molar-refractivity contribution in [2.45, 2.75) is 17.4 Å². The number of sulfone groups is 1. The Balaban J connectivity index is 2.49. The van der Waals surface area contributed by atoms with Gasteiger partial charge in [0.1, 0.15) is 16.4 Å². The number of hydrogen-bond donors (Lipinski definition) is 1. The van der Waals surface area contributed by atoms with Gasteiger partial charge in [-0.3, -0.25) is 0 Å². The van der Waals surface area contributed by atoms with Crippen molar-refractivity contribution in [1.82, 2.24) is 4.31 Å². The molecule has 1 heterocycles. The zero-order valence-corrected chi connectivity index (χ0v) is 15.3. The van der Waals surface area contributed by atoms with Gasteiger partial charge in [0.05, 0.1) is 25.7 Å². The van der Waals surface area contributed by atoms with E-state index in [9.17, 15) is 16.8 Å². The highest BCUT2D eigenvalue weighted by molar-refractivity contribution is 7.92. The van der Waals surface area contributed by atoms with Crippen LogP contribution in [-0.4, -0.2) is 66.0 Å². The van der Waals surface area contributed by atoms with Crippen LogP contribution in [-0.2, 0) is 19.9 Å². The van der Waals surface area contributed by atoms with Gasteiger partial charge in [-0.05, 0) is 18.6 Å². The highest BCUT2D eigenvalue weighted by Crippen LogP contribution is 2.33. The lowest BCUT2D eigenvalue weighted by Crippen LogP contribution is -2.43. The van der Waals surface area contributed by atoms with Crippen LogP contribution in [0.25, 0.3) is 0 Å². The van der Waals surface area contributed by atoms with Gasteiger partial charge in [-0.1, -0.05) is 0 Å². The first kappa shape index (κ1) is 19.0. The van der Waals surface area contributed by atoms with E-state index in [2.05, 4.69) is 0 Å². The summed E-state index contributed by atoms with van der Waals surface area (Å²) >= 11 is 0. The second kappa shape index (κ2) is 7.26. The standard InChI is InChI=1S/C14H22N2O6S2/c1-21-12-3-4-13(22-2)14(9-12)24(19,20)16(7-6-15)11-5-8-23(17,18)10-11/h3-4,9,11H,5-8,10,15H2,1-2H3/t11-/m0/s1. The van der Waals surface area contributed by atoms with Crippen LogP contribution in [0.2, 0.25) is 0 Å². The Morgan fingerprint density at radius 1 is 1.29 bits per heavy atom.